The number of benzene rings is 1. The Morgan fingerprint density at radius 1 is 1.24 bits per heavy atom. The molecule has 0 N–H and O–H groups in total. The summed E-state index contributed by atoms with van der Waals surface area (Å²) in [5, 5.41) is 9.26. The molecule has 130 valence electrons. The zero-order chi connectivity index (χ0) is 17.8. The highest BCUT2D eigenvalue weighted by molar-refractivity contribution is 14.1. The molecule has 0 aliphatic rings. The van der Waals surface area contributed by atoms with Crippen molar-refractivity contribution in [2.75, 3.05) is 5.75 Å². The number of carbonyl (C=O) groups excluding carboxylic acids is 1. The van der Waals surface area contributed by atoms with Crippen molar-refractivity contribution in [1.82, 2.24) is 14.8 Å². The number of halogens is 1. The van der Waals surface area contributed by atoms with E-state index in [-0.39, 0.29) is 5.78 Å². The summed E-state index contributed by atoms with van der Waals surface area (Å²) >= 11 is 3.64. The van der Waals surface area contributed by atoms with Gasteiger partial charge in [-0.15, -0.1) is 10.2 Å². The Hall–Kier alpha value is -1.61. The van der Waals surface area contributed by atoms with Gasteiger partial charge < -0.3 is 4.42 Å². The van der Waals surface area contributed by atoms with E-state index in [1.54, 1.807) is 6.26 Å². The fraction of sp³-hybridized carbons (Fsp3) is 0.278. The zero-order valence-electron chi connectivity index (χ0n) is 14.0. The highest BCUT2D eigenvalue weighted by Gasteiger charge is 2.18. The number of nitrogens with zero attached hydrogens (tertiary/aromatic N) is 3. The number of rotatable bonds is 7. The van der Waals surface area contributed by atoms with Crippen LogP contribution in [0.2, 0.25) is 0 Å². The summed E-state index contributed by atoms with van der Waals surface area (Å²) < 4.78 is 8.60. The lowest BCUT2D eigenvalue weighted by Gasteiger charge is -2.11. The number of Topliss-reactive ketones (excluding diaryl/α,β-unsaturated/α-hetero) is 1. The summed E-state index contributed by atoms with van der Waals surface area (Å²) in [6.07, 6.45) is 1.62. The number of aromatic nitrogens is 3. The van der Waals surface area contributed by atoms with Crippen molar-refractivity contribution in [1.29, 1.82) is 0 Å². The van der Waals surface area contributed by atoms with Crippen LogP contribution in [-0.2, 0) is 6.54 Å². The normalized spacial score (nSPS) is 11.2. The molecule has 0 aliphatic carbocycles. The van der Waals surface area contributed by atoms with Crippen molar-refractivity contribution in [2.45, 2.75) is 25.5 Å². The van der Waals surface area contributed by atoms with Gasteiger partial charge in [0.15, 0.2) is 22.5 Å². The first-order chi connectivity index (χ1) is 12.0. The molecule has 0 saturated heterocycles. The van der Waals surface area contributed by atoms with Crippen molar-refractivity contribution >= 4 is 40.1 Å². The van der Waals surface area contributed by atoms with Gasteiger partial charge in [0.1, 0.15) is 0 Å². The van der Waals surface area contributed by atoms with E-state index in [0.29, 0.717) is 28.8 Å². The molecule has 0 saturated carbocycles. The molecular weight excluding hydrogens is 449 g/mol. The molecular formula is C18H18IN3O2S. The van der Waals surface area contributed by atoms with Gasteiger partial charge in [0, 0.05) is 15.7 Å². The van der Waals surface area contributed by atoms with Crippen LogP contribution in [-0.4, -0.2) is 26.3 Å². The van der Waals surface area contributed by atoms with Gasteiger partial charge >= 0.3 is 0 Å². The molecule has 0 unspecified atom stereocenters. The topological polar surface area (TPSA) is 60.9 Å². The molecule has 5 nitrogen and oxygen atoms in total. The van der Waals surface area contributed by atoms with Crippen LogP contribution in [0.15, 0.2) is 52.2 Å². The quantitative estimate of drug-likeness (QED) is 0.285. The highest BCUT2D eigenvalue weighted by Crippen LogP contribution is 2.26. The predicted molar refractivity (Wildman–Crippen MR) is 107 cm³/mol. The third-order valence-corrected chi connectivity index (χ3v) is 5.19. The molecule has 1 aromatic carbocycles. The van der Waals surface area contributed by atoms with Crippen LogP contribution in [0.4, 0.5) is 0 Å². The molecule has 0 fully saturated rings. The zero-order valence-corrected chi connectivity index (χ0v) is 17.0. The third-order valence-electron chi connectivity index (χ3n) is 3.50. The molecule has 0 radical (unpaired) electrons. The van der Waals surface area contributed by atoms with Crippen molar-refractivity contribution in [3.05, 3.63) is 51.8 Å². The average molecular weight is 467 g/mol. The van der Waals surface area contributed by atoms with E-state index < -0.39 is 0 Å². The molecule has 25 heavy (non-hydrogen) atoms. The lowest BCUT2D eigenvalue weighted by atomic mass is 10.2. The fourth-order valence-corrected chi connectivity index (χ4v) is 3.56. The fourth-order valence-electron chi connectivity index (χ4n) is 2.36. The van der Waals surface area contributed by atoms with Crippen LogP contribution >= 0.6 is 34.4 Å². The average Bonchev–Trinajstić information content (AvgIpc) is 3.22. The Kier molecular flexibility index (Phi) is 5.95. The van der Waals surface area contributed by atoms with E-state index in [1.165, 1.54) is 11.8 Å². The van der Waals surface area contributed by atoms with E-state index in [9.17, 15) is 4.79 Å². The number of hydrogen-bond donors (Lipinski definition) is 0. The predicted octanol–water partition coefficient (Wildman–Crippen LogP) is 4.77. The number of thioether (sulfide) groups is 1. The van der Waals surface area contributed by atoms with Gasteiger partial charge in [-0.2, -0.15) is 0 Å². The van der Waals surface area contributed by atoms with Crippen molar-refractivity contribution in [2.24, 2.45) is 5.92 Å². The molecule has 0 atom stereocenters. The minimum Gasteiger partial charge on any atom is -0.461 e. The number of hydrogen-bond acceptors (Lipinski definition) is 5. The smallest absolute Gasteiger partial charge is 0.200 e. The summed E-state index contributed by atoms with van der Waals surface area (Å²) in [7, 11) is 0. The Morgan fingerprint density at radius 2 is 2.00 bits per heavy atom. The van der Waals surface area contributed by atoms with Crippen LogP contribution in [0, 0.1) is 9.49 Å². The summed E-state index contributed by atoms with van der Waals surface area (Å²) in [6, 6.07) is 11.3. The maximum atomic E-state index is 12.4. The van der Waals surface area contributed by atoms with Gasteiger partial charge in [-0.1, -0.05) is 37.7 Å². The summed E-state index contributed by atoms with van der Waals surface area (Å²) in [4.78, 5) is 12.4. The molecule has 7 heteroatoms. The molecule has 0 spiro atoms. The van der Waals surface area contributed by atoms with Gasteiger partial charge in [-0.25, -0.2) is 0 Å². The Morgan fingerprint density at radius 3 is 2.64 bits per heavy atom. The molecule has 0 aliphatic heterocycles. The summed E-state index contributed by atoms with van der Waals surface area (Å²) in [5.41, 5.74) is 0.717. The first-order valence-corrected chi connectivity index (χ1v) is 9.99. The van der Waals surface area contributed by atoms with Crippen LogP contribution < -0.4 is 0 Å². The maximum Gasteiger partial charge on any atom is 0.200 e. The third kappa shape index (κ3) is 4.52. The van der Waals surface area contributed by atoms with Gasteiger partial charge in [-0.05, 0) is 52.8 Å². The van der Waals surface area contributed by atoms with Crippen LogP contribution in [0.3, 0.4) is 0 Å². The van der Waals surface area contributed by atoms with Crippen LogP contribution in [0.1, 0.15) is 24.2 Å². The van der Waals surface area contributed by atoms with Gasteiger partial charge in [0.25, 0.3) is 0 Å². The summed E-state index contributed by atoms with van der Waals surface area (Å²) in [6.45, 7) is 5.04. The van der Waals surface area contributed by atoms with Crippen molar-refractivity contribution < 1.29 is 9.21 Å². The Labute approximate surface area is 164 Å². The second kappa shape index (κ2) is 8.18. The van der Waals surface area contributed by atoms with Crippen molar-refractivity contribution in [3.8, 4) is 11.6 Å². The van der Waals surface area contributed by atoms with E-state index in [2.05, 4.69) is 46.6 Å². The number of ketones is 1. The second-order valence-corrected chi connectivity index (χ2v) is 8.19. The van der Waals surface area contributed by atoms with Crippen molar-refractivity contribution in [3.63, 3.8) is 0 Å². The first kappa shape index (κ1) is 18.2. The largest absolute Gasteiger partial charge is 0.461 e. The molecule has 2 aromatic heterocycles. The summed E-state index contributed by atoms with van der Waals surface area (Å²) in [5.74, 6) is 2.22. The lowest BCUT2D eigenvalue weighted by Crippen LogP contribution is -2.09. The van der Waals surface area contributed by atoms with Gasteiger partial charge in [-0.3, -0.25) is 9.36 Å². The minimum absolute atomic E-state index is 0.0834. The number of furan rings is 1. The lowest BCUT2D eigenvalue weighted by molar-refractivity contribution is 0.102. The molecule has 3 aromatic rings. The van der Waals surface area contributed by atoms with E-state index in [0.717, 1.165) is 15.3 Å². The van der Waals surface area contributed by atoms with E-state index >= 15 is 0 Å². The minimum atomic E-state index is 0.0834. The second-order valence-electron chi connectivity index (χ2n) is 6.01. The van der Waals surface area contributed by atoms with Crippen LogP contribution in [0.5, 0.6) is 0 Å². The first-order valence-electron chi connectivity index (χ1n) is 7.93. The Balaban J connectivity index is 1.77. The Bertz CT molecular complexity index is 842. The molecule has 3 rings (SSSR count). The molecule has 0 bridgehead atoms. The maximum absolute atomic E-state index is 12.4. The molecule has 2 heterocycles. The molecule has 0 amide bonds. The SMILES string of the molecule is CC(C)Cn1c(SCC(=O)c2ccc(I)cc2)nnc1-c1ccco1. The monoisotopic (exact) mass is 467 g/mol. The van der Waals surface area contributed by atoms with E-state index in [4.69, 9.17) is 4.42 Å². The van der Waals surface area contributed by atoms with Gasteiger partial charge in [0.05, 0.1) is 12.0 Å². The number of carbonyl (C=O) groups is 1. The standard InChI is InChI=1S/C18H18IN3O2S/c1-12(2)10-22-17(16-4-3-9-24-16)20-21-18(22)25-11-15(23)13-5-7-14(19)8-6-13/h3-9,12H,10-11H2,1-2H3. The van der Waals surface area contributed by atoms with Crippen LogP contribution in [0.25, 0.3) is 11.6 Å². The van der Waals surface area contributed by atoms with Gasteiger partial charge in [0.2, 0.25) is 0 Å². The highest BCUT2D eigenvalue weighted by atomic mass is 127. The van der Waals surface area contributed by atoms with E-state index in [1.807, 2.05) is 41.0 Å².